The van der Waals surface area contributed by atoms with Gasteiger partial charge in [-0.25, -0.2) is 19.2 Å². The molecule has 0 saturated heterocycles. The largest absolute Gasteiger partial charge is 0.466 e. The van der Waals surface area contributed by atoms with Gasteiger partial charge in [-0.3, -0.25) is 0 Å². The number of hydrogen-bond acceptors (Lipinski definition) is 8. The van der Waals surface area contributed by atoms with E-state index in [4.69, 9.17) is 9.47 Å². The molecule has 25 heavy (non-hydrogen) atoms. The molecule has 0 spiro atoms. The molecule has 0 bridgehead atoms. The van der Waals surface area contributed by atoms with Gasteiger partial charge in [0.2, 0.25) is 0 Å². The van der Waals surface area contributed by atoms with Crippen molar-refractivity contribution >= 4 is 29.5 Å². The predicted molar refractivity (Wildman–Crippen MR) is 84.8 cm³/mol. The highest BCUT2D eigenvalue weighted by atomic mass is 16.5. The summed E-state index contributed by atoms with van der Waals surface area (Å²) in [6.45, 7) is 1.55. The minimum absolute atomic E-state index is 0.0259. The Morgan fingerprint density at radius 2 is 1.36 bits per heavy atom. The van der Waals surface area contributed by atoms with Crippen molar-refractivity contribution in [1.82, 2.24) is 4.57 Å². The van der Waals surface area contributed by atoms with Crippen LogP contribution in [0, 0.1) is 6.92 Å². The summed E-state index contributed by atoms with van der Waals surface area (Å²) in [5.74, 6) is -3.40. The molecular formula is C16H19NO8. The fourth-order valence-electron chi connectivity index (χ4n) is 2.28. The molecule has 0 aromatic carbocycles. The Balaban J connectivity index is 3.91. The van der Waals surface area contributed by atoms with Gasteiger partial charge in [0.25, 0.3) is 0 Å². The van der Waals surface area contributed by atoms with Gasteiger partial charge in [-0.2, -0.15) is 0 Å². The zero-order chi connectivity index (χ0) is 19.3. The summed E-state index contributed by atoms with van der Waals surface area (Å²) in [6, 6.07) is 0. The number of carbonyl (C=O) groups excluding carboxylic acids is 4. The molecule has 0 aliphatic heterocycles. The van der Waals surface area contributed by atoms with E-state index in [0.29, 0.717) is 5.69 Å². The first kappa shape index (κ1) is 19.9. The van der Waals surface area contributed by atoms with Gasteiger partial charge in [0, 0.05) is 18.8 Å². The summed E-state index contributed by atoms with van der Waals surface area (Å²) in [5, 5.41) is 0. The molecule has 9 heteroatoms. The molecule has 9 nitrogen and oxygen atoms in total. The van der Waals surface area contributed by atoms with Crippen LogP contribution in [0.3, 0.4) is 0 Å². The predicted octanol–water partition coefficient (Wildman–Crippen LogP) is 0.636. The number of aromatic nitrogens is 1. The first-order chi connectivity index (χ1) is 11.7. The number of rotatable bonds is 5. The first-order valence-corrected chi connectivity index (χ1v) is 6.99. The zero-order valence-corrected chi connectivity index (χ0v) is 14.8. The number of esters is 4. The molecule has 1 aromatic heterocycles. The molecule has 0 radical (unpaired) electrons. The lowest BCUT2D eigenvalue weighted by atomic mass is 10.0. The van der Waals surface area contributed by atoms with Crippen molar-refractivity contribution in [3.05, 3.63) is 28.6 Å². The third-order valence-electron chi connectivity index (χ3n) is 3.59. The van der Waals surface area contributed by atoms with Gasteiger partial charge in [-0.1, -0.05) is 0 Å². The normalized spacial score (nSPS) is 10.9. The lowest BCUT2D eigenvalue weighted by molar-refractivity contribution is -0.136. The first-order valence-electron chi connectivity index (χ1n) is 6.99. The summed E-state index contributed by atoms with van der Waals surface area (Å²) in [5.41, 5.74) is -0.249. The molecule has 136 valence electrons. The second-order valence-corrected chi connectivity index (χ2v) is 4.80. The Kier molecular flexibility index (Phi) is 6.49. The van der Waals surface area contributed by atoms with E-state index in [-0.39, 0.29) is 22.4 Å². The summed E-state index contributed by atoms with van der Waals surface area (Å²) in [4.78, 5) is 48.2. The van der Waals surface area contributed by atoms with Crippen molar-refractivity contribution in [3.8, 4) is 0 Å². The number of carbonyl (C=O) groups is 4. The van der Waals surface area contributed by atoms with E-state index in [1.54, 1.807) is 6.92 Å². The molecule has 0 N–H and O–H groups in total. The Hall–Kier alpha value is -3.10. The third kappa shape index (κ3) is 3.70. The third-order valence-corrected chi connectivity index (χ3v) is 3.59. The maximum atomic E-state index is 12.3. The van der Waals surface area contributed by atoms with E-state index in [2.05, 4.69) is 9.47 Å². The Morgan fingerprint density at radius 3 is 1.80 bits per heavy atom. The second kappa shape index (κ2) is 8.13. The monoisotopic (exact) mass is 353 g/mol. The summed E-state index contributed by atoms with van der Waals surface area (Å²) < 4.78 is 20.0. The molecule has 1 rings (SSSR count). The SMILES string of the molecule is COC(=O)/C=C(/C(=O)OC)c1c(C(=O)OC)c(C(=O)OC)c(C)n1C. The minimum Gasteiger partial charge on any atom is -0.466 e. The molecule has 0 atom stereocenters. The number of nitrogens with zero attached hydrogens (tertiary/aromatic N) is 1. The lowest BCUT2D eigenvalue weighted by Crippen LogP contribution is -2.16. The number of methoxy groups -OCH3 is 4. The van der Waals surface area contributed by atoms with Crippen molar-refractivity contribution in [2.45, 2.75) is 6.92 Å². The standard InChI is InChI=1S/C16H19NO8/c1-8-11(15(20)24-5)12(16(21)25-6)13(17(8)2)9(14(19)23-4)7-10(18)22-3/h7H,1-6H3/b9-7+. The van der Waals surface area contributed by atoms with Crippen molar-refractivity contribution in [2.75, 3.05) is 28.4 Å². The summed E-state index contributed by atoms with van der Waals surface area (Å²) in [7, 11) is 6.03. The Morgan fingerprint density at radius 1 is 0.840 bits per heavy atom. The topological polar surface area (TPSA) is 110 Å². The van der Waals surface area contributed by atoms with E-state index in [1.165, 1.54) is 11.6 Å². The van der Waals surface area contributed by atoms with E-state index < -0.39 is 23.9 Å². The van der Waals surface area contributed by atoms with Crippen LogP contribution in [-0.2, 0) is 35.6 Å². The summed E-state index contributed by atoms with van der Waals surface area (Å²) >= 11 is 0. The van der Waals surface area contributed by atoms with Crippen molar-refractivity contribution in [1.29, 1.82) is 0 Å². The molecule has 0 aliphatic rings. The fraction of sp³-hybridized carbons (Fsp3) is 0.375. The van der Waals surface area contributed by atoms with Gasteiger partial charge in [-0.05, 0) is 6.92 Å². The zero-order valence-electron chi connectivity index (χ0n) is 14.8. The molecular weight excluding hydrogens is 334 g/mol. The smallest absolute Gasteiger partial charge is 0.340 e. The minimum atomic E-state index is -0.896. The lowest BCUT2D eigenvalue weighted by Gasteiger charge is -2.10. The quantitative estimate of drug-likeness (QED) is 0.431. The molecule has 0 aliphatic carbocycles. The van der Waals surface area contributed by atoms with Crippen LogP contribution >= 0.6 is 0 Å². The van der Waals surface area contributed by atoms with E-state index in [0.717, 1.165) is 34.5 Å². The maximum Gasteiger partial charge on any atom is 0.340 e. The van der Waals surface area contributed by atoms with Gasteiger partial charge in [0.1, 0.15) is 5.56 Å². The molecule has 0 fully saturated rings. The molecule has 1 aromatic rings. The Labute approximate surface area is 144 Å². The highest BCUT2D eigenvalue weighted by molar-refractivity contribution is 6.23. The molecule has 1 heterocycles. The van der Waals surface area contributed by atoms with Gasteiger partial charge in [-0.15, -0.1) is 0 Å². The molecule has 0 saturated carbocycles. The summed E-state index contributed by atoms with van der Waals surface area (Å²) in [6.07, 6.45) is 0.869. The fourth-order valence-corrected chi connectivity index (χ4v) is 2.28. The maximum absolute atomic E-state index is 12.3. The van der Waals surface area contributed by atoms with Crippen LogP contribution in [0.5, 0.6) is 0 Å². The van der Waals surface area contributed by atoms with Crippen molar-refractivity contribution in [2.24, 2.45) is 7.05 Å². The van der Waals surface area contributed by atoms with Crippen molar-refractivity contribution in [3.63, 3.8) is 0 Å². The van der Waals surface area contributed by atoms with Gasteiger partial charge in [0.05, 0.1) is 45.3 Å². The number of hydrogen-bond donors (Lipinski definition) is 0. The number of ether oxygens (including phenoxy) is 4. The highest BCUT2D eigenvalue weighted by Crippen LogP contribution is 2.30. The van der Waals surface area contributed by atoms with Crippen molar-refractivity contribution < 1.29 is 38.1 Å². The second-order valence-electron chi connectivity index (χ2n) is 4.80. The van der Waals surface area contributed by atoms with Crippen LogP contribution in [0.1, 0.15) is 32.1 Å². The van der Waals surface area contributed by atoms with Crippen LogP contribution in [0.15, 0.2) is 6.08 Å². The van der Waals surface area contributed by atoms with Crippen LogP contribution in [0.4, 0.5) is 0 Å². The average molecular weight is 353 g/mol. The van der Waals surface area contributed by atoms with Crippen LogP contribution < -0.4 is 0 Å². The average Bonchev–Trinajstić information content (AvgIpc) is 2.88. The van der Waals surface area contributed by atoms with Gasteiger partial charge >= 0.3 is 23.9 Å². The van der Waals surface area contributed by atoms with Crippen LogP contribution in [-0.4, -0.2) is 56.9 Å². The van der Waals surface area contributed by atoms with Gasteiger partial charge < -0.3 is 23.5 Å². The van der Waals surface area contributed by atoms with Crippen LogP contribution in [0.2, 0.25) is 0 Å². The van der Waals surface area contributed by atoms with E-state index >= 15 is 0 Å². The van der Waals surface area contributed by atoms with Crippen LogP contribution in [0.25, 0.3) is 5.57 Å². The highest BCUT2D eigenvalue weighted by Gasteiger charge is 2.33. The molecule has 0 unspecified atom stereocenters. The van der Waals surface area contributed by atoms with E-state index in [9.17, 15) is 19.2 Å². The molecule has 0 amide bonds. The Bertz CT molecular complexity index is 757. The van der Waals surface area contributed by atoms with E-state index in [1.807, 2.05) is 0 Å². The van der Waals surface area contributed by atoms with Gasteiger partial charge in [0.15, 0.2) is 0 Å².